The second-order valence-corrected chi connectivity index (χ2v) is 4.29. The molecule has 0 aliphatic heterocycles. The summed E-state index contributed by atoms with van der Waals surface area (Å²) in [7, 11) is 0. The average Bonchev–Trinajstić information content (AvgIpc) is 2.44. The third-order valence-electron chi connectivity index (χ3n) is 1.98. The van der Waals surface area contributed by atoms with Gasteiger partial charge in [0.25, 0.3) is 0 Å². The Balaban J connectivity index is 2.69. The smallest absolute Gasteiger partial charge is 0.142 e. The molecule has 14 heavy (non-hydrogen) atoms. The molecule has 2 heteroatoms. The highest BCUT2D eigenvalue weighted by Gasteiger charge is 2.08. The van der Waals surface area contributed by atoms with Crippen LogP contribution in [0.3, 0.4) is 0 Å². The van der Waals surface area contributed by atoms with E-state index in [1.807, 2.05) is 30.3 Å². The Kier molecular flexibility index (Phi) is 2.46. The van der Waals surface area contributed by atoms with Crippen molar-refractivity contribution in [3.63, 3.8) is 0 Å². The normalized spacial score (nSPS) is 10.5. The fourth-order valence-corrected chi connectivity index (χ4v) is 1.91. The molecule has 0 saturated heterocycles. The van der Waals surface area contributed by atoms with Crippen molar-refractivity contribution in [2.75, 3.05) is 0 Å². The van der Waals surface area contributed by atoms with Gasteiger partial charge in [-0.3, -0.25) is 0 Å². The standard InChI is InChI=1S/C12H11BrO/c1-8(2)7-11-12(13)9-5-3-4-6-10(9)14-11/h3-7H,1-2H3. The molecule has 0 unspecified atom stereocenters. The van der Waals surface area contributed by atoms with Gasteiger partial charge < -0.3 is 4.42 Å². The zero-order chi connectivity index (χ0) is 10.1. The fourth-order valence-electron chi connectivity index (χ4n) is 1.39. The minimum atomic E-state index is 0.895. The number of benzene rings is 1. The van der Waals surface area contributed by atoms with E-state index >= 15 is 0 Å². The molecule has 0 fully saturated rings. The highest BCUT2D eigenvalue weighted by atomic mass is 79.9. The first-order valence-corrected chi connectivity index (χ1v) is 5.29. The van der Waals surface area contributed by atoms with Crippen molar-refractivity contribution in [3.8, 4) is 0 Å². The van der Waals surface area contributed by atoms with Crippen molar-refractivity contribution < 1.29 is 4.42 Å². The van der Waals surface area contributed by atoms with E-state index < -0.39 is 0 Å². The Labute approximate surface area is 91.5 Å². The molecule has 2 aromatic rings. The maximum Gasteiger partial charge on any atom is 0.142 e. The molecule has 0 saturated carbocycles. The van der Waals surface area contributed by atoms with Crippen molar-refractivity contribution >= 4 is 33.0 Å². The Bertz CT molecular complexity index is 490. The van der Waals surface area contributed by atoms with E-state index in [1.54, 1.807) is 0 Å². The molecule has 1 nitrogen and oxygen atoms in total. The molecule has 0 N–H and O–H groups in total. The number of rotatable bonds is 1. The number of furan rings is 1. The van der Waals surface area contributed by atoms with Crippen LogP contribution in [0.15, 0.2) is 38.7 Å². The fraction of sp³-hybridized carbons (Fsp3) is 0.167. The molecular formula is C12H11BrO. The summed E-state index contributed by atoms with van der Waals surface area (Å²) in [6, 6.07) is 8.01. The Morgan fingerprint density at radius 1 is 1.29 bits per heavy atom. The van der Waals surface area contributed by atoms with Crippen molar-refractivity contribution in [1.29, 1.82) is 0 Å². The van der Waals surface area contributed by atoms with Crippen LogP contribution in [0.1, 0.15) is 19.6 Å². The maximum absolute atomic E-state index is 5.69. The van der Waals surface area contributed by atoms with E-state index in [-0.39, 0.29) is 0 Å². The van der Waals surface area contributed by atoms with E-state index in [1.165, 1.54) is 5.57 Å². The number of allylic oxidation sites excluding steroid dienone is 1. The van der Waals surface area contributed by atoms with Gasteiger partial charge in [-0.25, -0.2) is 0 Å². The number of hydrogen-bond donors (Lipinski definition) is 0. The second-order valence-electron chi connectivity index (χ2n) is 3.50. The van der Waals surface area contributed by atoms with Crippen LogP contribution in [0.5, 0.6) is 0 Å². The van der Waals surface area contributed by atoms with Crippen LogP contribution in [-0.4, -0.2) is 0 Å². The topological polar surface area (TPSA) is 13.1 Å². The molecule has 0 atom stereocenters. The average molecular weight is 251 g/mol. The summed E-state index contributed by atoms with van der Waals surface area (Å²) in [5, 5.41) is 1.12. The molecule has 0 amide bonds. The molecular weight excluding hydrogens is 240 g/mol. The van der Waals surface area contributed by atoms with E-state index in [0.717, 1.165) is 21.2 Å². The molecule has 0 aliphatic rings. The summed E-state index contributed by atoms with van der Waals surface area (Å²) in [6.07, 6.45) is 2.03. The molecule has 0 radical (unpaired) electrons. The van der Waals surface area contributed by atoms with Crippen LogP contribution >= 0.6 is 15.9 Å². The lowest BCUT2D eigenvalue weighted by Crippen LogP contribution is -1.67. The van der Waals surface area contributed by atoms with Gasteiger partial charge in [0.2, 0.25) is 0 Å². The summed E-state index contributed by atoms with van der Waals surface area (Å²) in [6.45, 7) is 4.11. The van der Waals surface area contributed by atoms with E-state index in [0.29, 0.717) is 0 Å². The van der Waals surface area contributed by atoms with Gasteiger partial charge in [-0.05, 0) is 48.0 Å². The summed E-state index contributed by atoms with van der Waals surface area (Å²) < 4.78 is 6.72. The minimum absolute atomic E-state index is 0.895. The molecule has 0 aliphatic carbocycles. The molecule has 1 heterocycles. The van der Waals surface area contributed by atoms with Crippen LogP contribution in [0.25, 0.3) is 17.0 Å². The van der Waals surface area contributed by atoms with E-state index in [9.17, 15) is 0 Å². The van der Waals surface area contributed by atoms with Crippen LogP contribution in [-0.2, 0) is 0 Å². The van der Waals surface area contributed by atoms with Crippen molar-refractivity contribution in [2.45, 2.75) is 13.8 Å². The van der Waals surface area contributed by atoms with Gasteiger partial charge in [-0.1, -0.05) is 17.7 Å². The van der Waals surface area contributed by atoms with Crippen LogP contribution in [0.4, 0.5) is 0 Å². The molecule has 2 rings (SSSR count). The Hall–Kier alpha value is -1.02. The summed E-state index contributed by atoms with van der Waals surface area (Å²) in [5.74, 6) is 0.895. The first kappa shape index (κ1) is 9.53. The number of hydrogen-bond acceptors (Lipinski definition) is 1. The van der Waals surface area contributed by atoms with Crippen LogP contribution in [0.2, 0.25) is 0 Å². The summed E-state index contributed by atoms with van der Waals surface area (Å²) in [5.41, 5.74) is 2.15. The highest BCUT2D eigenvalue weighted by Crippen LogP contribution is 2.31. The SMILES string of the molecule is CC(C)=Cc1oc2ccccc2c1Br. The maximum atomic E-state index is 5.69. The Morgan fingerprint density at radius 3 is 2.64 bits per heavy atom. The first-order valence-electron chi connectivity index (χ1n) is 4.50. The third kappa shape index (κ3) is 1.62. The Morgan fingerprint density at radius 2 is 2.00 bits per heavy atom. The van der Waals surface area contributed by atoms with Gasteiger partial charge in [0, 0.05) is 5.39 Å². The lowest BCUT2D eigenvalue weighted by molar-refractivity contribution is 0.601. The third-order valence-corrected chi connectivity index (χ3v) is 2.80. The number of halogens is 1. The highest BCUT2D eigenvalue weighted by molar-refractivity contribution is 9.10. The van der Waals surface area contributed by atoms with E-state index in [2.05, 4.69) is 29.8 Å². The van der Waals surface area contributed by atoms with Crippen LogP contribution in [0, 0.1) is 0 Å². The van der Waals surface area contributed by atoms with Gasteiger partial charge in [-0.15, -0.1) is 0 Å². The largest absolute Gasteiger partial charge is 0.455 e. The lowest BCUT2D eigenvalue weighted by atomic mass is 10.2. The molecule has 0 spiro atoms. The molecule has 1 aromatic carbocycles. The zero-order valence-corrected chi connectivity index (χ0v) is 9.76. The van der Waals surface area contributed by atoms with Gasteiger partial charge in [0.1, 0.15) is 11.3 Å². The van der Waals surface area contributed by atoms with Gasteiger partial charge in [-0.2, -0.15) is 0 Å². The van der Waals surface area contributed by atoms with Crippen molar-refractivity contribution in [3.05, 3.63) is 40.1 Å². The summed E-state index contributed by atoms with van der Waals surface area (Å²) >= 11 is 3.54. The molecule has 72 valence electrons. The number of fused-ring (bicyclic) bond motifs is 1. The minimum Gasteiger partial charge on any atom is -0.455 e. The number of para-hydroxylation sites is 1. The summed E-state index contributed by atoms with van der Waals surface area (Å²) in [4.78, 5) is 0. The zero-order valence-electron chi connectivity index (χ0n) is 8.17. The second kappa shape index (κ2) is 3.62. The monoisotopic (exact) mass is 250 g/mol. The van der Waals surface area contributed by atoms with Crippen molar-refractivity contribution in [1.82, 2.24) is 0 Å². The van der Waals surface area contributed by atoms with E-state index in [4.69, 9.17) is 4.42 Å². The molecule has 0 bridgehead atoms. The van der Waals surface area contributed by atoms with Gasteiger partial charge >= 0.3 is 0 Å². The predicted octanol–water partition coefficient (Wildman–Crippen LogP) is 4.62. The van der Waals surface area contributed by atoms with Gasteiger partial charge in [0.05, 0.1) is 4.47 Å². The first-order chi connectivity index (χ1) is 6.68. The predicted molar refractivity (Wildman–Crippen MR) is 63.2 cm³/mol. The quantitative estimate of drug-likeness (QED) is 0.720. The van der Waals surface area contributed by atoms with Crippen molar-refractivity contribution in [2.24, 2.45) is 0 Å². The molecule has 1 aromatic heterocycles. The van der Waals surface area contributed by atoms with Gasteiger partial charge in [0.15, 0.2) is 0 Å². The lowest BCUT2D eigenvalue weighted by Gasteiger charge is -1.88. The van der Waals surface area contributed by atoms with Crippen LogP contribution < -0.4 is 0 Å².